The molecular formula is C15H23F3N2O3. The minimum atomic E-state index is -4.44. The van der Waals surface area contributed by atoms with E-state index in [1.54, 1.807) is 0 Å². The molecule has 1 saturated carbocycles. The molecule has 2 fully saturated rings. The number of carbonyl (C=O) groups excluding carboxylic acids is 2. The topological polar surface area (TPSA) is 60.9 Å². The van der Waals surface area contributed by atoms with Gasteiger partial charge < -0.3 is 14.9 Å². The van der Waals surface area contributed by atoms with Crippen LogP contribution in [0.1, 0.15) is 44.9 Å². The van der Waals surface area contributed by atoms with Crippen molar-refractivity contribution in [2.45, 2.75) is 62.8 Å². The van der Waals surface area contributed by atoms with Crippen LogP contribution in [0.25, 0.3) is 0 Å². The summed E-state index contributed by atoms with van der Waals surface area (Å²) in [5.74, 6) is -1.06. The molecule has 1 aliphatic carbocycles. The van der Waals surface area contributed by atoms with Crippen molar-refractivity contribution < 1.29 is 27.9 Å². The van der Waals surface area contributed by atoms with E-state index in [-0.39, 0.29) is 25.3 Å². The van der Waals surface area contributed by atoms with E-state index >= 15 is 0 Å². The Morgan fingerprint density at radius 1 is 1.35 bits per heavy atom. The molecule has 1 N–H and O–H groups in total. The maximum atomic E-state index is 12.4. The number of rotatable bonds is 4. The molecule has 0 bridgehead atoms. The number of nitrogens with zero attached hydrogens (tertiary/aromatic N) is 2. The van der Waals surface area contributed by atoms with Gasteiger partial charge in [-0.3, -0.25) is 9.59 Å². The molecule has 1 saturated heterocycles. The first-order valence-corrected chi connectivity index (χ1v) is 7.95. The fourth-order valence-electron chi connectivity index (χ4n) is 3.42. The fourth-order valence-corrected chi connectivity index (χ4v) is 3.42. The van der Waals surface area contributed by atoms with Crippen molar-refractivity contribution >= 4 is 11.8 Å². The Hall–Kier alpha value is -1.31. The summed E-state index contributed by atoms with van der Waals surface area (Å²) in [4.78, 5) is 26.3. The van der Waals surface area contributed by atoms with Gasteiger partial charge in [-0.1, -0.05) is 19.3 Å². The first-order chi connectivity index (χ1) is 10.6. The summed E-state index contributed by atoms with van der Waals surface area (Å²) in [5, 5.41) is 10.4. The Bertz CT molecular complexity index is 461. The third kappa shape index (κ3) is 4.59. The lowest BCUT2D eigenvalue weighted by molar-refractivity contribution is -0.160. The number of amides is 2. The molecule has 0 spiro atoms. The second-order valence-electron chi connectivity index (χ2n) is 6.65. The molecule has 5 nitrogen and oxygen atoms in total. The molecule has 8 heteroatoms. The van der Waals surface area contributed by atoms with E-state index in [1.165, 1.54) is 11.9 Å². The van der Waals surface area contributed by atoms with Crippen LogP contribution in [0.2, 0.25) is 0 Å². The normalized spacial score (nSPS) is 24.8. The summed E-state index contributed by atoms with van der Waals surface area (Å²) >= 11 is 0. The molecule has 0 radical (unpaired) electrons. The maximum Gasteiger partial charge on any atom is 0.406 e. The molecule has 2 aliphatic rings. The number of likely N-dealkylation sites (tertiary alicyclic amines) is 1. The fraction of sp³-hybridized carbons (Fsp3) is 0.867. The summed E-state index contributed by atoms with van der Waals surface area (Å²) in [6.45, 7) is -1.29. The van der Waals surface area contributed by atoms with Crippen molar-refractivity contribution in [2.24, 2.45) is 0 Å². The van der Waals surface area contributed by atoms with Crippen LogP contribution in [0.4, 0.5) is 13.2 Å². The number of halogens is 3. The van der Waals surface area contributed by atoms with Gasteiger partial charge in [0.15, 0.2) is 0 Å². The summed E-state index contributed by atoms with van der Waals surface area (Å²) in [5.41, 5.74) is -1.04. The standard InChI is InChI=1S/C15H23F3N2O3/c1-19(12(21)9-14(23)6-3-2-4-7-14)11-5-8-20(13(11)22)10-15(16,17)18/h11,23H,2-10H2,1H3/t11-/m0/s1. The zero-order chi connectivity index (χ0) is 17.3. The molecule has 0 aromatic rings. The predicted molar refractivity (Wildman–Crippen MR) is 76.5 cm³/mol. The second kappa shape index (κ2) is 6.67. The third-order valence-corrected chi connectivity index (χ3v) is 4.76. The van der Waals surface area contributed by atoms with Crippen molar-refractivity contribution in [2.75, 3.05) is 20.1 Å². The average molecular weight is 336 g/mol. The van der Waals surface area contributed by atoms with Crippen molar-refractivity contribution in [3.63, 3.8) is 0 Å². The van der Waals surface area contributed by atoms with Gasteiger partial charge in [0.2, 0.25) is 11.8 Å². The molecule has 1 atom stereocenters. The predicted octanol–water partition coefficient (Wildman–Crippen LogP) is 1.69. The Morgan fingerprint density at radius 2 is 1.96 bits per heavy atom. The average Bonchev–Trinajstić information content (AvgIpc) is 2.77. The van der Waals surface area contributed by atoms with Gasteiger partial charge in [-0.15, -0.1) is 0 Å². The quantitative estimate of drug-likeness (QED) is 0.850. The number of likely N-dealkylation sites (N-methyl/N-ethyl adjacent to an activating group) is 1. The molecule has 0 aromatic carbocycles. The molecule has 132 valence electrons. The van der Waals surface area contributed by atoms with Crippen LogP contribution in [-0.4, -0.2) is 64.7 Å². The molecule has 23 heavy (non-hydrogen) atoms. The highest BCUT2D eigenvalue weighted by Crippen LogP contribution is 2.32. The lowest BCUT2D eigenvalue weighted by Gasteiger charge is -2.34. The first kappa shape index (κ1) is 18.0. The van der Waals surface area contributed by atoms with Crippen molar-refractivity contribution in [1.82, 2.24) is 9.80 Å². The van der Waals surface area contributed by atoms with Crippen LogP contribution in [0.5, 0.6) is 0 Å². The zero-order valence-electron chi connectivity index (χ0n) is 13.2. The molecule has 1 aliphatic heterocycles. The SMILES string of the molecule is CN(C(=O)CC1(O)CCCCC1)[C@H]1CCN(CC(F)(F)F)C1=O. The molecule has 0 unspecified atom stereocenters. The van der Waals surface area contributed by atoms with E-state index in [0.717, 1.165) is 24.2 Å². The van der Waals surface area contributed by atoms with Gasteiger partial charge in [0, 0.05) is 13.6 Å². The number of hydrogen-bond acceptors (Lipinski definition) is 3. The van der Waals surface area contributed by atoms with E-state index < -0.39 is 30.3 Å². The van der Waals surface area contributed by atoms with E-state index in [0.29, 0.717) is 12.8 Å². The van der Waals surface area contributed by atoms with Gasteiger partial charge in [0.25, 0.3) is 0 Å². The molecule has 1 heterocycles. The smallest absolute Gasteiger partial charge is 0.389 e. The molecule has 2 rings (SSSR count). The van der Waals surface area contributed by atoms with Gasteiger partial charge >= 0.3 is 6.18 Å². The Kier molecular flexibility index (Phi) is 5.23. The Balaban J connectivity index is 1.93. The molecular weight excluding hydrogens is 313 g/mol. The number of aliphatic hydroxyl groups is 1. The van der Waals surface area contributed by atoms with E-state index in [4.69, 9.17) is 0 Å². The summed E-state index contributed by atoms with van der Waals surface area (Å²) in [6.07, 6.45) is -0.492. The van der Waals surface area contributed by atoms with Crippen LogP contribution in [0.3, 0.4) is 0 Å². The van der Waals surface area contributed by atoms with E-state index in [1.807, 2.05) is 0 Å². The number of hydrogen-bond donors (Lipinski definition) is 1. The van der Waals surface area contributed by atoms with Crippen LogP contribution in [0.15, 0.2) is 0 Å². The monoisotopic (exact) mass is 336 g/mol. The summed E-state index contributed by atoms with van der Waals surface area (Å²) in [7, 11) is 1.42. The van der Waals surface area contributed by atoms with Crippen molar-refractivity contribution in [3.8, 4) is 0 Å². The third-order valence-electron chi connectivity index (χ3n) is 4.76. The highest BCUT2D eigenvalue weighted by Gasteiger charge is 2.42. The second-order valence-corrected chi connectivity index (χ2v) is 6.65. The van der Waals surface area contributed by atoms with Crippen molar-refractivity contribution in [3.05, 3.63) is 0 Å². The van der Waals surface area contributed by atoms with Crippen LogP contribution < -0.4 is 0 Å². The lowest BCUT2D eigenvalue weighted by Crippen LogP contribution is -2.47. The Morgan fingerprint density at radius 3 is 2.52 bits per heavy atom. The van der Waals surface area contributed by atoms with Crippen LogP contribution >= 0.6 is 0 Å². The zero-order valence-corrected chi connectivity index (χ0v) is 13.2. The van der Waals surface area contributed by atoms with Crippen molar-refractivity contribution in [1.29, 1.82) is 0 Å². The lowest BCUT2D eigenvalue weighted by atomic mass is 9.82. The largest absolute Gasteiger partial charge is 0.406 e. The van der Waals surface area contributed by atoms with E-state index in [2.05, 4.69) is 0 Å². The van der Waals surface area contributed by atoms with Gasteiger partial charge in [-0.25, -0.2) is 0 Å². The molecule has 2 amide bonds. The van der Waals surface area contributed by atoms with Gasteiger partial charge in [0.05, 0.1) is 12.0 Å². The van der Waals surface area contributed by atoms with E-state index in [9.17, 15) is 27.9 Å². The highest BCUT2D eigenvalue weighted by atomic mass is 19.4. The minimum Gasteiger partial charge on any atom is -0.389 e. The van der Waals surface area contributed by atoms with Crippen LogP contribution in [0, 0.1) is 0 Å². The van der Waals surface area contributed by atoms with Gasteiger partial charge in [-0.05, 0) is 19.3 Å². The number of alkyl halides is 3. The first-order valence-electron chi connectivity index (χ1n) is 7.95. The van der Waals surface area contributed by atoms with Gasteiger partial charge in [-0.2, -0.15) is 13.2 Å². The van der Waals surface area contributed by atoms with Gasteiger partial charge in [0.1, 0.15) is 12.6 Å². The summed E-state index contributed by atoms with van der Waals surface area (Å²) in [6, 6.07) is -0.864. The minimum absolute atomic E-state index is 0.00903. The highest BCUT2D eigenvalue weighted by molar-refractivity contribution is 5.89. The maximum absolute atomic E-state index is 12.4. The molecule has 0 aromatic heterocycles. The summed E-state index contributed by atoms with van der Waals surface area (Å²) < 4.78 is 37.3. The van der Waals surface area contributed by atoms with Crippen LogP contribution in [-0.2, 0) is 9.59 Å². The number of carbonyl (C=O) groups is 2. The Labute approximate surface area is 133 Å².